The highest BCUT2D eigenvalue weighted by Gasteiger charge is 2.20. The van der Waals surface area contributed by atoms with Crippen molar-refractivity contribution in [1.82, 2.24) is 14.5 Å². The number of benzene rings is 1. The summed E-state index contributed by atoms with van der Waals surface area (Å²) in [7, 11) is 0. The van der Waals surface area contributed by atoms with Gasteiger partial charge in [0, 0.05) is 23.8 Å². The first-order chi connectivity index (χ1) is 11.7. The van der Waals surface area contributed by atoms with Gasteiger partial charge in [-0.15, -0.1) is 0 Å². The van der Waals surface area contributed by atoms with E-state index in [2.05, 4.69) is 47.7 Å². The largest absolute Gasteiger partial charge is 0.324 e. The highest BCUT2D eigenvalue weighted by atomic mass is 32.2. The minimum absolute atomic E-state index is 0.347. The molecule has 124 valence electrons. The van der Waals surface area contributed by atoms with Crippen molar-refractivity contribution in [1.29, 1.82) is 0 Å². The number of hydrogen-bond donors (Lipinski definition) is 1. The average molecular weight is 338 g/mol. The molecule has 0 unspecified atom stereocenters. The summed E-state index contributed by atoms with van der Waals surface area (Å²) < 4.78 is 2.24. The molecule has 4 nitrogen and oxygen atoms in total. The summed E-state index contributed by atoms with van der Waals surface area (Å²) in [5.41, 5.74) is 8.28. The van der Waals surface area contributed by atoms with E-state index < -0.39 is 0 Å². The van der Waals surface area contributed by atoms with E-state index in [1.807, 2.05) is 30.6 Å². The van der Waals surface area contributed by atoms with Crippen LogP contribution in [0.25, 0.3) is 0 Å². The summed E-state index contributed by atoms with van der Waals surface area (Å²) >= 11 is 1.75. The van der Waals surface area contributed by atoms with Crippen molar-refractivity contribution < 1.29 is 0 Å². The molecule has 0 atom stereocenters. The molecule has 0 saturated heterocycles. The summed E-state index contributed by atoms with van der Waals surface area (Å²) in [6, 6.07) is 14.5. The van der Waals surface area contributed by atoms with Gasteiger partial charge in [0.15, 0.2) is 0 Å². The normalized spacial score (nSPS) is 11.2. The lowest BCUT2D eigenvalue weighted by Gasteiger charge is -2.13. The second-order valence-electron chi connectivity index (χ2n) is 5.93. The highest BCUT2D eigenvalue weighted by molar-refractivity contribution is 7.99. The number of aromatic nitrogens is 3. The fourth-order valence-electron chi connectivity index (χ4n) is 2.58. The van der Waals surface area contributed by atoms with E-state index in [1.165, 1.54) is 15.5 Å². The van der Waals surface area contributed by atoms with Crippen LogP contribution in [0.2, 0.25) is 0 Å². The van der Waals surface area contributed by atoms with Crippen LogP contribution in [0.15, 0.2) is 64.8 Å². The zero-order valence-electron chi connectivity index (χ0n) is 14.0. The van der Waals surface area contributed by atoms with E-state index >= 15 is 0 Å². The van der Waals surface area contributed by atoms with Gasteiger partial charge in [-0.3, -0.25) is 4.98 Å². The molecule has 2 N–H and O–H groups in total. The molecule has 0 aliphatic heterocycles. The topological polar surface area (TPSA) is 56.7 Å². The van der Waals surface area contributed by atoms with Crippen molar-refractivity contribution >= 4 is 11.8 Å². The van der Waals surface area contributed by atoms with Crippen LogP contribution in [0.4, 0.5) is 0 Å². The van der Waals surface area contributed by atoms with Crippen molar-refractivity contribution in [3.05, 3.63) is 71.9 Å². The van der Waals surface area contributed by atoms with Crippen LogP contribution in [0, 0.1) is 0 Å². The fourth-order valence-corrected chi connectivity index (χ4v) is 3.76. The van der Waals surface area contributed by atoms with Crippen LogP contribution in [0.1, 0.15) is 36.8 Å². The summed E-state index contributed by atoms with van der Waals surface area (Å²) in [6.07, 6.45) is 3.64. The Hall–Kier alpha value is -2.11. The number of nitrogens with zero attached hydrogens (tertiary/aromatic N) is 3. The minimum Gasteiger partial charge on any atom is -0.324 e. The molecule has 0 spiro atoms. The predicted molar refractivity (Wildman–Crippen MR) is 98.1 cm³/mol. The first-order valence-electron chi connectivity index (χ1n) is 8.10. The van der Waals surface area contributed by atoms with Gasteiger partial charge in [-0.2, -0.15) is 0 Å². The van der Waals surface area contributed by atoms with Gasteiger partial charge >= 0.3 is 0 Å². The predicted octanol–water partition coefficient (Wildman–Crippen LogP) is 4.06. The van der Waals surface area contributed by atoms with Gasteiger partial charge in [0.05, 0.1) is 12.2 Å². The van der Waals surface area contributed by atoms with Crippen molar-refractivity contribution in [2.75, 3.05) is 0 Å². The molecule has 0 radical (unpaired) electrons. The quantitative estimate of drug-likeness (QED) is 0.736. The highest BCUT2D eigenvalue weighted by Crippen LogP contribution is 2.35. The Bertz CT molecular complexity index is 782. The maximum Gasteiger partial charge on any atom is 0.124 e. The molecule has 0 fully saturated rings. The smallest absolute Gasteiger partial charge is 0.124 e. The first kappa shape index (κ1) is 16.7. The van der Waals surface area contributed by atoms with E-state index in [-0.39, 0.29) is 0 Å². The summed E-state index contributed by atoms with van der Waals surface area (Å²) in [6.45, 7) is 5.53. The van der Waals surface area contributed by atoms with Gasteiger partial charge in [0.25, 0.3) is 0 Å². The van der Waals surface area contributed by atoms with Crippen molar-refractivity contribution in [3.63, 3.8) is 0 Å². The maximum absolute atomic E-state index is 5.98. The Morgan fingerprint density at radius 1 is 1.08 bits per heavy atom. The van der Waals surface area contributed by atoms with Gasteiger partial charge in [0.1, 0.15) is 10.9 Å². The Labute approximate surface area is 147 Å². The molecule has 24 heavy (non-hydrogen) atoms. The van der Waals surface area contributed by atoms with Gasteiger partial charge in [-0.25, -0.2) is 4.98 Å². The van der Waals surface area contributed by atoms with Crippen LogP contribution in [0.3, 0.4) is 0 Å². The number of imidazole rings is 1. The van der Waals surface area contributed by atoms with Crippen LogP contribution < -0.4 is 5.73 Å². The number of nitrogens with two attached hydrogens (primary N) is 1. The molecule has 0 saturated carbocycles. The zero-order chi connectivity index (χ0) is 16.9. The van der Waals surface area contributed by atoms with Crippen molar-refractivity contribution in [3.8, 4) is 0 Å². The van der Waals surface area contributed by atoms with E-state index in [1.54, 1.807) is 11.8 Å². The van der Waals surface area contributed by atoms with E-state index in [4.69, 9.17) is 10.7 Å². The molecule has 3 rings (SSSR count). The average Bonchev–Trinajstić information content (AvgIpc) is 2.94. The lowest BCUT2D eigenvalue weighted by Crippen LogP contribution is -2.10. The Morgan fingerprint density at radius 2 is 1.79 bits per heavy atom. The van der Waals surface area contributed by atoms with Gasteiger partial charge in [-0.1, -0.05) is 43.8 Å². The molecule has 5 heteroatoms. The monoisotopic (exact) mass is 338 g/mol. The van der Waals surface area contributed by atoms with Gasteiger partial charge < -0.3 is 10.3 Å². The third-order valence-corrected chi connectivity index (χ3v) is 4.93. The molecule has 3 aromatic rings. The molecule has 0 aliphatic rings. The SMILES string of the molecule is CC(C)c1nc(CN)n(Cc2ccncc2)c1Sc1ccccc1. The third-order valence-electron chi connectivity index (χ3n) is 3.80. The summed E-state index contributed by atoms with van der Waals surface area (Å²) in [5, 5.41) is 1.17. The van der Waals surface area contributed by atoms with Crippen LogP contribution in [0.5, 0.6) is 0 Å². The lowest BCUT2D eigenvalue weighted by molar-refractivity contribution is 0.668. The van der Waals surface area contributed by atoms with Gasteiger partial charge in [-0.05, 0) is 35.7 Å². The van der Waals surface area contributed by atoms with Crippen LogP contribution in [-0.2, 0) is 13.1 Å². The number of pyridine rings is 1. The van der Waals surface area contributed by atoms with E-state index in [9.17, 15) is 0 Å². The second kappa shape index (κ2) is 7.64. The Kier molecular flexibility index (Phi) is 5.33. The number of hydrogen-bond acceptors (Lipinski definition) is 4. The maximum atomic E-state index is 5.98. The second-order valence-corrected chi connectivity index (χ2v) is 7.00. The lowest BCUT2D eigenvalue weighted by atomic mass is 10.1. The zero-order valence-corrected chi connectivity index (χ0v) is 14.8. The van der Waals surface area contributed by atoms with Gasteiger partial charge in [0.2, 0.25) is 0 Å². The molecule has 1 aromatic carbocycles. The summed E-state index contributed by atoms with van der Waals surface area (Å²) in [4.78, 5) is 10.1. The molecule has 0 bridgehead atoms. The number of rotatable bonds is 6. The fraction of sp³-hybridized carbons (Fsp3) is 0.263. The van der Waals surface area contributed by atoms with Crippen molar-refractivity contribution in [2.45, 2.75) is 42.8 Å². The molecule has 0 aliphatic carbocycles. The molecular formula is C19H22N4S. The molecule has 2 aromatic heterocycles. The molecule has 2 heterocycles. The molecule has 0 amide bonds. The van der Waals surface area contributed by atoms with E-state index in [0.29, 0.717) is 12.5 Å². The standard InChI is InChI=1S/C19H22N4S/c1-14(2)18-19(24-16-6-4-3-5-7-16)23(17(12-20)22-18)13-15-8-10-21-11-9-15/h3-11,14H,12-13,20H2,1-2H3. The Morgan fingerprint density at radius 3 is 2.42 bits per heavy atom. The van der Waals surface area contributed by atoms with Crippen LogP contribution in [-0.4, -0.2) is 14.5 Å². The summed E-state index contributed by atoms with van der Waals surface area (Å²) in [5.74, 6) is 1.27. The van der Waals surface area contributed by atoms with Crippen LogP contribution >= 0.6 is 11.8 Å². The first-order valence-corrected chi connectivity index (χ1v) is 8.92. The minimum atomic E-state index is 0.347. The molecular weight excluding hydrogens is 316 g/mol. The Balaban J connectivity index is 2.04. The third kappa shape index (κ3) is 3.68. The van der Waals surface area contributed by atoms with E-state index in [0.717, 1.165) is 18.1 Å². The van der Waals surface area contributed by atoms with Crippen molar-refractivity contribution in [2.24, 2.45) is 5.73 Å².